The van der Waals surface area contributed by atoms with Gasteiger partial charge < -0.3 is 15.1 Å². The summed E-state index contributed by atoms with van der Waals surface area (Å²) in [4.78, 5) is 29.2. The van der Waals surface area contributed by atoms with Crippen LogP contribution in [0.3, 0.4) is 0 Å². The number of benzene rings is 1. The van der Waals surface area contributed by atoms with Gasteiger partial charge >= 0.3 is 6.03 Å². The van der Waals surface area contributed by atoms with Gasteiger partial charge in [0.15, 0.2) is 0 Å². The second-order valence-corrected chi connectivity index (χ2v) is 7.55. The summed E-state index contributed by atoms with van der Waals surface area (Å²) in [5.41, 5.74) is 1.74. The molecule has 2 aliphatic rings. The highest BCUT2D eigenvalue weighted by atomic mass is 16.2. The molecular weight excluding hydrogens is 314 g/mol. The van der Waals surface area contributed by atoms with E-state index in [1.165, 1.54) is 0 Å². The zero-order chi connectivity index (χ0) is 18.0. The highest BCUT2D eigenvalue weighted by Crippen LogP contribution is 2.47. The molecule has 136 valence electrons. The van der Waals surface area contributed by atoms with Gasteiger partial charge in [-0.1, -0.05) is 32.0 Å². The van der Waals surface area contributed by atoms with Gasteiger partial charge in [-0.25, -0.2) is 4.79 Å². The van der Waals surface area contributed by atoms with Gasteiger partial charge in [0.05, 0.1) is 5.41 Å². The number of anilines is 1. The van der Waals surface area contributed by atoms with Crippen LogP contribution < -0.4 is 10.2 Å². The van der Waals surface area contributed by atoms with Gasteiger partial charge in [0.1, 0.15) is 0 Å². The Labute approximate surface area is 150 Å². The highest BCUT2D eigenvalue weighted by molar-refractivity contribution is 6.08. The van der Waals surface area contributed by atoms with E-state index in [-0.39, 0.29) is 11.9 Å². The number of nitrogens with zero attached hydrogens (tertiary/aromatic N) is 2. The molecule has 0 atom stereocenters. The van der Waals surface area contributed by atoms with E-state index in [1.807, 2.05) is 34.9 Å². The molecule has 25 heavy (non-hydrogen) atoms. The fourth-order valence-electron chi connectivity index (χ4n) is 4.06. The maximum absolute atomic E-state index is 13.1. The lowest BCUT2D eigenvalue weighted by molar-refractivity contribution is -0.124. The number of amides is 3. The monoisotopic (exact) mass is 343 g/mol. The highest BCUT2D eigenvalue weighted by Gasteiger charge is 2.51. The Hall–Kier alpha value is -2.04. The number of nitrogens with one attached hydrogen (secondary N) is 1. The SMILES string of the molecule is CCN1C(=O)C2(CCN(C(=O)NCCC(C)C)CC2)c2ccccc21. The van der Waals surface area contributed by atoms with Crippen LogP contribution in [-0.2, 0) is 10.2 Å². The molecule has 0 aliphatic carbocycles. The molecule has 1 N–H and O–H groups in total. The summed E-state index contributed by atoms with van der Waals surface area (Å²) in [5.74, 6) is 0.786. The lowest BCUT2D eigenvalue weighted by atomic mass is 9.73. The summed E-state index contributed by atoms with van der Waals surface area (Å²) in [6.45, 7) is 8.99. The number of para-hydroxylation sites is 1. The molecule has 1 aromatic rings. The molecule has 0 saturated carbocycles. The minimum Gasteiger partial charge on any atom is -0.338 e. The third-order valence-corrected chi connectivity index (χ3v) is 5.58. The van der Waals surface area contributed by atoms with Crippen molar-refractivity contribution in [1.29, 1.82) is 0 Å². The van der Waals surface area contributed by atoms with E-state index in [2.05, 4.69) is 25.2 Å². The van der Waals surface area contributed by atoms with Crippen molar-refractivity contribution in [3.05, 3.63) is 29.8 Å². The Bertz CT molecular complexity index is 648. The minimum absolute atomic E-state index is 0.00146. The van der Waals surface area contributed by atoms with Crippen molar-refractivity contribution in [2.24, 2.45) is 5.92 Å². The average molecular weight is 343 g/mol. The zero-order valence-corrected chi connectivity index (χ0v) is 15.5. The van der Waals surface area contributed by atoms with Crippen LogP contribution in [0.15, 0.2) is 24.3 Å². The molecule has 2 heterocycles. The van der Waals surface area contributed by atoms with E-state index in [0.29, 0.717) is 44.9 Å². The number of hydrogen-bond acceptors (Lipinski definition) is 2. The fourth-order valence-corrected chi connectivity index (χ4v) is 4.06. The molecule has 0 bridgehead atoms. The quantitative estimate of drug-likeness (QED) is 0.913. The molecular formula is C20H29N3O2. The van der Waals surface area contributed by atoms with Crippen molar-refractivity contribution in [1.82, 2.24) is 10.2 Å². The predicted molar refractivity (Wildman–Crippen MR) is 99.8 cm³/mol. The number of fused-ring (bicyclic) bond motifs is 2. The lowest BCUT2D eigenvalue weighted by Crippen LogP contribution is -2.52. The molecule has 5 heteroatoms. The first-order valence-corrected chi connectivity index (χ1v) is 9.44. The lowest BCUT2D eigenvalue weighted by Gasteiger charge is -2.38. The summed E-state index contributed by atoms with van der Waals surface area (Å²) in [6, 6.07) is 8.13. The van der Waals surface area contributed by atoms with Gasteiger partial charge in [-0.2, -0.15) is 0 Å². The Balaban J connectivity index is 1.69. The van der Waals surface area contributed by atoms with Crippen LogP contribution >= 0.6 is 0 Å². The topological polar surface area (TPSA) is 52.7 Å². The van der Waals surface area contributed by atoms with Crippen LogP contribution in [0, 0.1) is 5.92 Å². The molecule has 3 amide bonds. The second-order valence-electron chi connectivity index (χ2n) is 7.55. The van der Waals surface area contributed by atoms with Crippen molar-refractivity contribution in [3.63, 3.8) is 0 Å². The van der Waals surface area contributed by atoms with Crippen molar-refractivity contribution >= 4 is 17.6 Å². The predicted octanol–water partition coefficient (Wildman–Crippen LogP) is 3.14. The van der Waals surface area contributed by atoms with E-state index in [4.69, 9.17) is 0 Å². The van der Waals surface area contributed by atoms with Crippen LogP contribution in [0.2, 0.25) is 0 Å². The molecule has 3 rings (SSSR count). The number of likely N-dealkylation sites (tertiary alicyclic amines) is 1. The fraction of sp³-hybridized carbons (Fsp3) is 0.600. The molecule has 1 fully saturated rings. The number of hydrogen-bond donors (Lipinski definition) is 1. The summed E-state index contributed by atoms with van der Waals surface area (Å²) in [6.07, 6.45) is 2.40. The summed E-state index contributed by atoms with van der Waals surface area (Å²) in [7, 11) is 0. The Morgan fingerprint density at radius 3 is 2.56 bits per heavy atom. The molecule has 1 aromatic carbocycles. The Kier molecular flexibility index (Phi) is 5.02. The van der Waals surface area contributed by atoms with E-state index in [9.17, 15) is 9.59 Å². The summed E-state index contributed by atoms with van der Waals surface area (Å²) >= 11 is 0. The van der Waals surface area contributed by atoms with Crippen molar-refractivity contribution < 1.29 is 9.59 Å². The third-order valence-electron chi connectivity index (χ3n) is 5.58. The van der Waals surface area contributed by atoms with Crippen LogP contribution in [0.1, 0.15) is 45.6 Å². The van der Waals surface area contributed by atoms with Crippen molar-refractivity contribution in [2.45, 2.75) is 45.4 Å². The van der Waals surface area contributed by atoms with E-state index in [0.717, 1.165) is 17.7 Å². The van der Waals surface area contributed by atoms with Crippen LogP contribution in [0.4, 0.5) is 10.5 Å². The Morgan fingerprint density at radius 1 is 1.24 bits per heavy atom. The van der Waals surface area contributed by atoms with Gasteiger partial charge in [0, 0.05) is 31.9 Å². The van der Waals surface area contributed by atoms with E-state index >= 15 is 0 Å². The van der Waals surface area contributed by atoms with Crippen LogP contribution in [0.5, 0.6) is 0 Å². The first-order chi connectivity index (χ1) is 12.0. The first-order valence-electron chi connectivity index (χ1n) is 9.44. The first kappa shape index (κ1) is 17.8. The van der Waals surface area contributed by atoms with E-state index < -0.39 is 5.41 Å². The van der Waals surface area contributed by atoms with Gasteiger partial charge in [-0.05, 0) is 43.7 Å². The van der Waals surface area contributed by atoms with Gasteiger partial charge in [-0.3, -0.25) is 4.79 Å². The molecule has 0 unspecified atom stereocenters. The number of carbonyl (C=O) groups excluding carboxylic acids is 2. The van der Waals surface area contributed by atoms with Crippen LogP contribution in [-0.4, -0.2) is 43.0 Å². The largest absolute Gasteiger partial charge is 0.338 e. The maximum Gasteiger partial charge on any atom is 0.317 e. The van der Waals surface area contributed by atoms with Crippen LogP contribution in [0.25, 0.3) is 0 Å². The van der Waals surface area contributed by atoms with Gasteiger partial charge in [-0.15, -0.1) is 0 Å². The summed E-state index contributed by atoms with van der Waals surface area (Å²) < 4.78 is 0. The molecule has 0 radical (unpaired) electrons. The second kappa shape index (κ2) is 7.06. The normalized spacial score (nSPS) is 18.8. The molecule has 5 nitrogen and oxygen atoms in total. The van der Waals surface area contributed by atoms with Crippen molar-refractivity contribution in [3.8, 4) is 0 Å². The number of carbonyl (C=O) groups is 2. The Morgan fingerprint density at radius 2 is 1.92 bits per heavy atom. The van der Waals surface area contributed by atoms with Gasteiger partial charge in [0.2, 0.25) is 5.91 Å². The van der Waals surface area contributed by atoms with E-state index in [1.54, 1.807) is 0 Å². The number of piperidine rings is 1. The van der Waals surface area contributed by atoms with Gasteiger partial charge in [0.25, 0.3) is 0 Å². The number of urea groups is 1. The zero-order valence-electron chi connectivity index (χ0n) is 15.5. The van der Waals surface area contributed by atoms with Crippen molar-refractivity contribution in [2.75, 3.05) is 31.1 Å². The molecule has 1 spiro atoms. The summed E-state index contributed by atoms with van der Waals surface area (Å²) in [5, 5.41) is 3.00. The maximum atomic E-state index is 13.1. The molecule has 2 aliphatic heterocycles. The number of rotatable bonds is 4. The average Bonchev–Trinajstić information content (AvgIpc) is 2.84. The third kappa shape index (κ3) is 3.12. The molecule has 0 aromatic heterocycles. The minimum atomic E-state index is -0.443. The standard InChI is InChI=1S/C20H29N3O2/c1-4-23-17-8-6-5-7-16(17)20(18(23)24)10-13-22(14-11-20)19(25)21-12-9-15(2)3/h5-8,15H,4,9-14H2,1-3H3,(H,21,25). The smallest absolute Gasteiger partial charge is 0.317 e. The number of likely N-dealkylation sites (N-methyl/N-ethyl adjacent to an activating group) is 1. The molecule has 1 saturated heterocycles.